The molecule has 0 spiro atoms. The fourth-order valence-corrected chi connectivity index (χ4v) is 6.65. The number of amides is 3. The maximum absolute atomic E-state index is 15.7. The minimum absolute atomic E-state index is 0.0190. The molecule has 7 rings (SSSR count). The Balaban J connectivity index is 1.14. The van der Waals surface area contributed by atoms with Crippen molar-refractivity contribution in [2.45, 2.75) is 57.9 Å². The summed E-state index contributed by atoms with van der Waals surface area (Å²) >= 11 is 0. The highest BCUT2D eigenvalue weighted by molar-refractivity contribution is 6.03. The van der Waals surface area contributed by atoms with E-state index < -0.39 is 17.4 Å². The summed E-state index contributed by atoms with van der Waals surface area (Å²) in [5.74, 6) is 0.367. The quantitative estimate of drug-likeness (QED) is 0.402. The second kappa shape index (κ2) is 12.2. The molecule has 3 fully saturated rings. The van der Waals surface area contributed by atoms with E-state index in [1.165, 1.54) is 12.1 Å². The highest BCUT2D eigenvalue weighted by atomic mass is 19.1. The second-order valence-corrected chi connectivity index (χ2v) is 13.0. The van der Waals surface area contributed by atoms with Gasteiger partial charge in [-0.3, -0.25) is 4.79 Å². The number of likely N-dealkylation sites (N-methyl/N-ethyl adjacent to an activating group) is 1. The van der Waals surface area contributed by atoms with E-state index in [1.807, 2.05) is 38.7 Å². The van der Waals surface area contributed by atoms with Gasteiger partial charge in [-0.25, -0.2) is 19.2 Å². The molecule has 13 nitrogen and oxygen atoms in total. The fraction of sp³-hybridized carbons (Fsp3) is 0.485. The summed E-state index contributed by atoms with van der Waals surface area (Å²) in [5, 5.41) is 5.28. The number of aromatic nitrogens is 3. The van der Waals surface area contributed by atoms with E-state index >= 15 is 4.39 Å². The molecular weight excluding hydrogens is 607 g/mol. The molecule has 4 aliphatic heterocycles. The molecule has 0 saturated carbocycles. The molecule has 0 aliphatic carbocycles. The molecular formula is C33H39FN8O5. The molecule has 1 aromatic carbocycles. The van der Waals surface area contributed by atoms with Crippen LogP contribution in [0, 0.1) is 5.82 Å². The lowest BCUT2D eigenvalue weighted by molar-refractivity contribution is 0.0541. The highest BCUT2D eigenvalue weighted by Gasteiger charge is 2.40. The summed E-state index contributed by atoms with van der Waals surface area (Å²) in [4.78, 5) is 46.6. The Labute approximate surface area is 272 Å². The number of urea groups is 1. The third kappa shape index (κ3) is 6.14. The topological polar surface area (TPSA) is 134 Å². The molecule has 3 amide bonds. The number of morpholine rings is 2. The minimum atomic E-state index is -0.721. The zero-order valence-electron chi connectivity index (χ0n) is 27.0. The normalized spacial score (nSPS) is 23.3. The molecule has 6 heterocycles. The summed E-state index contributed by atoms with van der Waals surface area (Å²) < 4.78 is 33.3. The fourth-order valence-electron chi connectivity index (χ4n) is 6.65. The van der Waals surface area contributed by atoms with Gasteiger partial charge >= 0.3 is 6.03 Å². The first kappa shape index (κ1) is 31.1. The van der Waals surface area contributed by atoms with E-state index in [0.29, 0.717) is 62.7 Å². The molecule has 47 heavy (non-hydrogen) atoms. The lowest BCUT2D eigenvalue weighted by Gasteiger charge is -2.34. The predicted molar refractivity (Wildman–Crippen MR) is 174 cm³/mol. The van der Waals surface area contributed by atoms with Gasteiger partial charge in [0, 0.05) is 25.2 Å². The van der Waals surface area contributed by atoms with Gasteiger partial charge in [-0.1, -0.05) is 6.07 Å². The Hall–Kier alpha value is -4.56. The van der Waals surface area contributed by atoms with Crippen LogP contribution in [0.2, 0.25) is 0 Å². The number of hydrogen-bond donors (Lipinski definition) is 2. The van der Waals surface area contributed by atoms with Gasteiger partial charge in [0.25, 0.3) is 5.91 Å². The average Bonchev–Trinajstić information content (AvgIpc) is 3.66. The van der Waals surface area contributed by atoms with E-state index in [4.69, 9.17) is 24.2 Å². The van der Waals surface area contributed by atoms with Crippen LogP contribution < -0.4 is 25.2 Å². The predicted octanol–water partition coefficient (Wildman–Crippen LogP) is 4.16. The van der Waals surface area contributed by atoms with Gasteiger partial charge in [-0.15, -0.1) is 0 Å². The first-order valence-corrected chi connectivity index (χ1v) is 16.1. The van der Waals surface area contributed by atoms with Gasteiger partial charge in [0.05, 0.1) is 67.8 Å². The molecule has 4 aliphatic rings. The van der Waals surface area contributed by atoms with Crippen LogP contribution >= 0.6 is 0 Å². The van der Waals surface area contributed by atoms with Crippen LogP contribution in [0.5, 0.6) is 5.88 Å². The summed E-state index contributed by atoms with van der Waals surface area (Å²) in [6.45, 7) is 11.6. The van der Waals surface area contributed by atoms with Gasteiger partial charge in [0.1, 0.15) is 22.8 Å². The number of pyridine rings is 1. The van der Waals surface area contributed by atoms with Crippen molar-refractivity contribution in [3.63, 3.8) is 0 Å². The lowest BCUT2D eigenvalue weighted by atomic mass is 10.0. The first-order chi connectivity index (χ1) is 22.6. The van der Waals surface area contributed by atoms with E-state index in [1.54, 1.807) is 23.2 Å². The zero-order chi connectivity index (χ0) is 32.9. The van der Waals surface area contributed by atoms with Crippen molar-refractivity contribution in [3.05, 3.63) is 47.9 Å². The van der Waals surface area contributed by atoms with Crippen molar-refractivity contribution >= 4 is 35.1 Å². The molecule has 0 unspecified atom stereocenters. The Kier molecular flexibility index (Phi) is 8.08. The number of nitrogens with zero attached hydrogens (tertiary/aromatic N) is 6. The number of benzene rings is 1. The van der Waals surface area contributed by atoms with Crippen molar-refractivity contribution in [3.8, 4) is 17.1 Å². The Morgan fingerprint density at radius 2 is 1.98 bits per heavy atom. The number of nitrogens with one attached hydrogen (secondary N) is 2. The van der Waals surface area contributed by atoms with Gasteiger partial charge in [0.2, 0.25) is 11.8 Å². The van der Waals surface area contributed by atoms with Crippen LogP contribution in [-0.4, -0.2) is 102 Å². The van der Waals surface area contributed by atoms with Crippen molar-refractivity contribution < 1.29 is 28.2 Å². The smallest absolute Gasteiger partial charge is 0.323 e. The van der Waals surface area contributed by atoms with E-state index in [2.05, 4.69) is 20.5 Å². The summed E-state index contributed by atoms with van der Waals surface area (Å²) in [6, 6.07) is 7.64. The molecule has 2 bridgehead atoms. The van der Waals surface area contributed by atoms with Gasteiger partial charge in [-0.05, 0) is 58.4 Å². The Bertz CT molecular complexity index is 1690. The molecule has 2 aromatic heterocycles. The summed E-state index contributed by atoms with van der Waals surface area (Å²) in [5.41, 5.74) is 0.488. The lowest BCUT2D eigenvalue weighted by Crippen LogP contribution is -2.44. The first-order valence-electron chi connectivity index (χ1n) is 16.1. The maximum Gasteiger partial charge on any atom is 0.323 e. The van der Waals surface area contributed by atoms with Gasteiger partial charge < -0.3 is 39.5 Å². The van der Waals surface area contributed by atoms with E-state index in [9.17, 15) is 9.59 Å². The van der Waals surface area contributed by atoms with E-state index in [0.717, 1.165) is 18.8 Å². The molecule has 3 saturated heterocycles. The van der Waals surface area contributed by atoms with Gasteiger partial charge in [0.15, 0.2) is 0 Å². The third-order valence-electron chi connectivity index (χ3n) is 9.01. The molecule has 3 atom stereocenters. The standard InChI is InChI=1S/C33H39FN8O5/c1-5-40-18-33(3,4)47-29-27(30(40)43)28(38-31(39-29)41-10-11-45-16-19(41)2)20-6-8-25(24(34)12-20)37-32(44)36-21-7-9-26(35-14-21)42-15-23-13-22(42)17-46-23/h6-9,12,14,19,22-23H,5,10-11,13,15-18H2,1-4H3,(H2,36,37,44)/t19-,22+,23+/m0/s1. The van der Waals surface area contributed by atoms with Crippen LogP contribution in [0.4, 0.5) is 32.3 Å². The molecule has 14 heteroatoms. The Morgan fingerprint density at radius 3 is 2.66 bits per heavy atom. The van der Waals surface area contributed by atoms with Crippen molar-refractivity contribution in [1.29, 1.82) is 0 Å². The summed E-state index contributed by atoms with van der Waals surface area (Å²) in [6.07, 6.45) is 2.83. The number of hydrogen-bond acceptors (Lipinski definition) is 10. The minimum Gasteiger partial charge on any atom is -0.469 e. The van der Waals surface area contributed by atoms with Crippen molar-refractivity contribution in [2.75, 3.05) is 66.4 Å². The van der Waals surface area contributed by atoms with Crippen LogP contribution in [0.25, 0.3) is 11.3 Å². The molecule has 2 N–H and O–H groups in total. The van der Waals surface area contributed by atoms with Crippen LogP contribution in [0.3, 0.4) is 0 Å². The highest BCUT2D eigenvalue weighted by Crippen LogP contribution is 2.37. The van der Waals surface area contributed by atoms with Crippen LogP contribution in [-0.2, 0) is 9.47 Å². The Morgan fingerprint density at radius 1 is 1.13 bits per heavy atom. The molecule has 248 valence electrons. The SMILES string of the molecule is CCN1CC(C)(C)Oc2nc(N3CCOC[C@@H]3C)nc(-c3ccc(NC(=O)Nc4ccc(N5C[C@H]6C[C@@H]5CO6)nc4)c(F)c3)c2C1=O. The van der Waals surface area contributed by atoms with E-state index in [-0.39, 0.29) is 40.9 Å². The van der Waals surface area contributed by atoms with Crippen molar-refractivity contribution in [2.24, 2.45) is 0 Å². The molecule has 0 radical (unpaired) electrons. The number of fused-ring (bicyclic) bond motifs is 3. The van der Waals surface area contributed by atoms with Gasteiger partial charge in [-0.2, -0.15) is 4.98 Å². The largest absolute Gasteiger partial charge is 0.469 e. The van der Waals surface area contributed by atoms with Crippen molar-refractivity contribution in [1.82, 2.24) is 19.9 Å². The number of carbonyl (C=O) groups is 2. The number of halogens is 1. The summed E-state index contributed by atoms with van der Waals surface area (Å²) in [7, 11) is 0. The third-order valence-corrected chi connectivity index (χ3v) is 9.01. The maximum atomic E-state index is 15.7. The number of anilines is 4. The van der Waals surface area contributed by atoms with Crippen LogP contribution in [0.1, 0.15) is 44.5 Å². The van der Waals surface area contributed by atoms with Crippen LogP contribution in [0.15, 0.2) is 36.5 Å². The second-order valence-electron chi connectivity index (χ2n) is 13.0. The number of carbonyl (C=O) groups excluding carboxylic acids is 2. The number of ether oxygens (including phenoxy) is 3. The zero-order valence-corrected chi connectivity index (χ0v) is 27.0. The number of rotatable bonds is 6. The monoisotopic (exact) mass is 646 g/mol. The average molecular weight is 647 g/mol. The molecule has 3 aromatic rings.